The smallest absolute Gasteiger partial charge is 0.363 e. The zero-order valence-corrected chi connectivity index (χ0v) is 34.3. The molecule has 1 aromatic carbocycles. The quantitative estimate of drug-likeness (QED) is 0.0474. The molecule has 1 aliphatic carbocycles. The molecule has 0 bridgehead atoms. The highest BCUT2D eigenvalue weighted by Gasteiger charge is 2.71. The Morgan fingerprint density at radius 3 is 1.69 bits per heavy atom. The number of ether oxygens (including phenoxy) is 3. The Morgan fingerprint density at radius 2 is 1.23 bits per heavy atom. The molecule has 0 amide bonds. The number of rotatable bonds is 19. The lowest BCUT2D eigenvalue weighted by Crippen LogP contribution is -2.37. The lowest BCUT2D eigenvalue weighted by molar-refractivity contribution is -0.162. The number of esters is 3. The summed E-state index contributed by atoms with van der Waals surface area (Å²) in [6, 6.07) is 6.12. The molecule has 1 aromatic rings. The third-order valence-corrected chi connectivity index (χ3v) is 13.7. The molecular formula is C36H59NO13P2. The summed E-state index contributed by atoms with van der Waals surface area (Å²) in [4.78, 5) is 49.3. The van der Waals surface area contributed by atoms with Crippen LogP contribution in [0.5, 0.6) is 0 Å². The van der Waals surface area contributed by atoms with Crippen molar-refractivity contribution in [2.45, 2.75) is 106 Å². The number of hydrogen-bond acceptors (Lipinski definition) is 13. The molecule has 14 nitrogen and oxygen atoms in total. The molecule has 3 unspecified atom stereocenters. The number of carbonyl (C=O) groups is 3. The van der Waals surface area contributed by atoms with E-state index in [-0.39, 0.29) is 23.1 Å². The minimum absolute atomic E-state index is 0.0151. The van der Waals surface area contributed by atoms with Gasteiger partial charge in [0, 0.05) is 6.54 Å². The van der Waals surface area contributed by atoms with Gasteiger partial charge in [-0.05, 0) is 105 Å². The van der Waals surface area contributed by atoms with Crippen LogP contribution >= 0.6 is 15.2 Å². The highest BCUT2D eigenvalue weighted by Crippen LogP contribution is 2.85. The van der Waals surface area contributed by atoms with E-state index >= 15 is 4.57 Å². The summed E-state index contributed by atoms with van der Waals surface area (Å²) in [7, 11) is -8.96. The first-order valence-electron chi connectivity index (χ1n) is 17.4. The maximum Gasteiger partial charge on any atom is 0.363 e. The van der Waals surface area contributed by atoms with E-state index < -0.39 is 80.7 Å². The van der Waals surface area contributed by atoms with Crippen LogP contribution in [0, 0.1) is 16.2 Å². The topological polar surface area (TPSA) is 184 Å². The van der Waals surface area contributed by atoms with Gasteiger partial charge >= 0.3 is 33.1 Å². The molecule has 3 atom stereocenters. The molecule has 1 aliphatic rings. The molecular weight excluding hydrogens is 716 g/mol. The Balaban J connectivity index is 2.80. The molecule has 0 radical (unpaired) electrons. The molecule has 0 heterocycles. The van der Waals surface area contributed by atoms with Crippen molar-refractivity contribution in [1.82, 2.24) is 4.90 Å². The summed E-state index contributed by atoms with van der Waals surface area (Å²) in [5, 5.41) is 11.9. The molecule has 0 fully saturated rings. The molecule has 0 spiro atoms. The van der Waals surface area contributed by atoms with Gasteiger partial charge in [0.05, 0.1) is 22.3 Å². The lowest BCUT2D eigenvalue weighted by Gasteiger charge is -2.41. The van der Waals surface area contributed by atoms with E-state index in [9.17, 15) is 28.9 Å². The lowest BCUT2D eigenvalue weighted by atomic mass is 9.98. The third-order valence-electron chi connectivity index (χ3n) is 8.22. The number of unbranched alkanes of at least 4 members (excludes halogenated alkanes) is 2. The summed E-state index contributed by atoms with van der Waals surface area (Å²) >= 11 is 0. The Bertz CT molecular complexity index is 1490. The summed E-state index contributed by atoms with van der Waals surface area (Å²) in [5.74, 6) is -2.26. The monoisotopic (exact) mass is 775 g/mol. The van der Waals surface area contributed by atoms with Crippen molar-refractivity contribution in [1.29, 1.82) is 0 Å². The zero-order valence-electron chi connectivity index (χ0n) is 32.6. The molecule has 2 N–H and O–H groups in total. The molecule has 0 aliphatic heterocycles. The van der Waals surface area contributed by atoms with Gasteiger partial charge in [0.25, 0.3) is 0 Å². The summed E-state index contributed by atoms with van der Waals surface area (Å²) in [6.45, 7) is 14.3. The molecule has 52 heavy (non-hydrogen) atoms. The van der Waals surface area contributed by atoms with Crippen molar-refractivity contribution in [2.24, 2.45) is 16.2 Å². The van der Waals surface area contributed by atoms with Gasteiger partial charge < -0.3 is 29.1 Å². The van der Waals surface area contributed by atoms with Crippen molar-refractivity contribution in [2.75, 3.05) is 40.5 Å². The minimum Gasteiger partial charge on any atom is -0.438 e. The fourth-order valence-corrected chi connectivity index (χ4v) is 10.2. The number of hydrogen-bond donors (Lipinski definition) is 2. The third kappa shape index (κ3) is 11.3. The maximum absolute atomic E-state index is 15.6. The summed E-state index contributed by atoms with van der Waals surface area (Å²) in [6.07, 6.45) is 2.85. The van der Waals surface area contributed by atoms with Gasteiger partial charge in [-0.3, -0.25) is 37.1 Å². The number of benzene rings is 1. The number of fused-ring (bicyclic) bond motifs is 1. The van der Waals surface area contributed by atoms with Crippen LogP contribution in [0.2, 0.25) is 0 Å². The normalized spacial score (nSPS) is 18.3. The van der Waals surface area contributed by atoms with Gasteiger partial charge in [0.15, 0.2) is 0 Å². The van der Waals surface area contributed by atoms with E-state index in [2.05, 4.69) is 6.92 Å². The number of carbonyl (C=O) groups excluding carboxylic acids is 3. The van der Waals surface area contributed by atoms with Gasteiger partial charge in [0.2, 0.25) is 25.3 Å². The van der Waals surface area contributed by atoms with Crippen LogP contribution in [0.15, 0.2) is 29.8 Å². The predicted molar refractivity (Wildman–Crippen MR) is 196 cm³/mol. The van der Waals surface area contributed by atoms with Crippen LogP contribution in [0.4, 0.5) is 0 Å². The predicted octanol–water partition coefficient (Wildman–Crippen LogP) is 7.18. The van der Waals surface area contributed by atoms with Crippen LogP contribution < -0.4 is 0 Å². The molecule has 0 aromatic heterocycles. The van der Waals surface area contributed by atoms with E-state index in [4.69, 9.17) is 27.8 Å². The minimum atomic E-state index is -5.52. The maximum atomic E-state index is 15.6. The highest BCUT2D eigenvalue weighted by atomic mass is 31.2. The summed E-state index contributed by atoms with van der Waals surface area (Å²) in [5.41, 5.74) is -3.07. The van der Waals surface area contributed by atoms with Gasteiger partial charge in [-0.2, -0.15) is 0 Å². The summed E-state index contributed by atoms with van der Waals surface area (Å²) < 4.78 is 63.3. The van der Waals surface area contributed by atoms with Gasteiger partial charge in [0.1, 0.15) is 0 Å². The van der Waals surface area contributed by atoms with E-state index in [1.807, 2.05) is 11.9 Å². The molecule has 296 valence electrons. The first-order valence-corrected chi connectivity index (χ1v) is 20.5. The molecule has 0 saturated carbocycles. The fourth-order valence-electron chi connectivity index (χ4n) is 5.13. The second-order valence-corrected chi connectivity index (χ2v) is 20.5. The zero-order chi connectivity index (χ0) is 39.8. The van der Waals surface area contributed by atoms with Crippen LogP contribution in [0.1, 0.15) is 106 Å². The fraction of sp³-hybridized carbons (Fsp3) is 0.694. The average molecular weight is 776 g/mol. The van der Waals surface area contributed by atoms with E-state index in [1.165, 1.54) is 18.2 Å². The van der Waals surface area contributed by atoms with Crippen LogP contribution in [0.25, 0.3) is 6.08 Å². The van der Waals surface area contributed by atoms with Crippen molar-refractivity contribution in [3.8, 4) is 0 Å². The van der Waals surface area contributed by atoms with Crippen molar-refractivity contribution in [3.05, 3.63) is 41.0 Å². The van der Waals surface area contributed by atoms with Crippen molar-refractivity contribution < 1.29 is 61.3 Å². The van der Waals surface area contributed by atoms with Crippen LogP contribution in [-0.2, 0) is 56.2 Å². The Morgan fingerprint density at radius 1 is 0.769 bits per heavy atom. The van der Waals surface area contributed by atoms with E-state index in [1.54, 1.807) is 74.4 Å². The Kier molecular flexibility index (Phi) is 16.1. The first kappa shape index (κ1) is 45.7. The highest BCUT2D eigenvalue weighted by molar-refractivity contribution is 7.73. The number of aliphatic hydroxyl groups is 1. The SMILES string of the molecule is CCCCCN(C)CCC(O)C1=Cc2ccccc2C1(P(=O)(O)OCOC(=O)C(C)(C)C)P(=O)(OCOC(=O)C(C)(C)C)OCOC(=O)C(C)(C)C. The van der Waals surface area contributed by atoms with Crippen molar-refractivity contribution >= 4 is 39.2 Å². The molecule has 2 rings (SSSR count). The van der Waals surface area contributed by atoms with Gasteiger partial charge in [-0.25, -0.2) is 0 Å². The van der Waals surface area contributed by atoms with Gasteiger partial charge in [-0.1, -0.05) is 50.1 Å². The molecule has 16 heteroatoms. The first-order chi connectivity index (χ1) is 23.8. The number of nitrogens with zero attached hydrogens (tertiary/aromatic N) is 1. The molecule has 0 saturated heterocycles. The Labute approximate surface area is 308 Å². The number of aliphatic hydroxyl groups excluding tert-OH is 1. The van der Waals surface area contributed by atoms with Crippen molar-refractivity contribution in [3.63, 3.8) is 0 Å². The second-order valence-electron chi connectivity index (χ2n) is 16.0. The standard InChI is InChI=1S/C36H59NO13P2/c1-12-13-16-20-37(11)21-19-29(38)28-22-26-17-14-15-18-27(26)36(28,51(42,43)48-23-45-30(39)33(2,3)4)52(44,49-24-46-31(40)34(5,6)7)50-25-47-32(41)35(8,9)10/h14-15,17-18,22,29,38H,12-13,16,19-21,23-25H2,1-11H3,(H,42,43). The van der Waals surface area contributed by atoms with Gasteiger partial charge in [-0.15, -0.1) is 0 Å². The van der Waals surface area contributed by atoms with Crippen LogP contribution in [0.3, 0.4) is 0 Å². The second kappa shape index (κ2) is 18.3. The largest absolute Gasteiger partial charge is 0.438 e. The average Bonchev–Trinajstić information content (AvgIpc) is 3.40. The van der Waals surface area contributed by atoms with Crippen LogP contribution in [-0.4, -0.2) is 79.4 Å². The Hall–Kier alpha value is -2.41. The van der Waals surface area contributed by atoms with E-state index in [0.29, 0.717) is 6.54 Å². The van der Waals surface area contributed by atoms with E-state index in [0.717, 1.165) is 25.8 Å².